The zero-order chi connectivity index (χ0) is 20.9. The summed E-state index contributed by atoms with van der Waals surface area (Å²) in [6.07, 6.45) is 3.37. The van der Waals surface area contributed by atoms with E-state index in [-0.39, 0.29) is 5.91 Å². The molecule has 0 saturated heterocycles. The normalized spacial score (nSPS) is 10.6. The average Bonchev–Trinajstić information content (AvgIpc) is 3.23. The molecular weight excluding hydrogens is 376 g/mol. The highest BCUT2D eigenvalue weighted by atomic mass is 16.2. The molecule has 2 aromatic heterocycles. The standard InChI is InChI=1S/C23H22N6O/c1-28(2)20-13-7-6-12-19(20)22(30)29-23(25-15-17-9-4-3-5-10-17)26-21(27-29)18-11-8-14-24-16-18/h3-14,16H,15H2,1-2H3,(H,25,26,27). The van der Waals surface area contributed by atoms with Crippen molar-refractivity contribution in [2.75, 3.05) is 24.3 Å². The molecule has 0 radical (unpaired) electrons. The Morgan fingerprint density at radius 3 is 2.50 bits per heavy atom. The van der Waals surface area contributed by atoms with E-state index in [4.69, 9.17) is 0 Å². The van der Waals surface area contributed by atoms with Gasteiger partial charge in [-0.05, 0) is 29.8 Å². The number of hydrogen-bond acceptors (Lipinski definition) is 6. The van der Waals surface area contributed by atoms with Gasteiger partial charge in [0.25, 0.3) is 5.91 Å². The molecule has 4 rings (SSSR count). The lowest BCUT2D eigenvalue weighted by atomic mass is 10.1. The van der Waals surface area contributed by atoms with Gasteiger partial charge < -0.3 is 10.2 Å². The van der Waals surface area contributed by atoms with Crippen LogP contribution in [0.2, 0.25) is 0 Å². The van der Waals surface area contributed by atoms with Crippen LogP contribution in [0.25, 0.3) is 11.4 Å². The summed E-state index contributed by atoms with van der Waals surface area (Å²) in [5.74, 6) is 0.572. The first-order chi connectivity index (χ1) is 14.6. The van der Waals surface area contributed by atoms with Crippen LogP contribution in [0.4, 0.5) is 11.6 Å². The van der Waals surface area contributed by atoms with Crippen molar-refractivity contribution in [1.29, 1.82) is 0 Å². The Hall–Kier alpha value is -4.00. The predicted octanol–water partition coefficient (Wildman–Crippen LogP) is 3.71. The SMILES string of the molecule is CN(C)c1ccccc1C(=O)n1nc(-c2cccnc2)nc1NCc1ccccc1. The number of carbonyl (C=O) groups is 1. The number of nitrogens with zero attached hydrogens (tertiary/aromatic N) is 5. The first-order valence-corrected chi connectivity index (χ1v) is 9.60. The molecule has 150 valence electrons. The molecule has 2 heterocycles. The van der Waals surface area contributed by atoms with E-state index >= 15 is 0 Å². The third-order valence-corrected chi connectivity index (χ3v) is 4.63. The van der Waals surface area contributed by atoms with Crippen LogP contribution < -0.4 is 10.2 Å². The minimum atomic E-state index is -0.252. The molecule has 7 nitrogen and oxygen atoms in total. The Bertz CT molecular complexity index is 1140. The number of hydrogen-bond donors (Lipinski definition) is 1. The molecule has 7 heteroatoms. The number of anilines is 2. The average molecular weight is 398 g/mol. The predicted molar refractivity (Wildman–Crippen MR) is 118 cm³/mol. The highest BCUT2D eigenvalue weighted by molar-refractivity contribution is 6.02. The molecule has 0 unspecified atom stereocenters. The molecule has 0 amide bonds. The van der Waals surface area contributed by atoms with Gasteiger partial charge in [-0.2, -0.15) is 9.67 Å². The summed E-state index contributed by atoms with van der Waals surface area (Å²) in [6.45, 7) is 0.522. The smallest absolute Gasteiger partial charge is 0.283 e. The second-order valence-corrected chi connectivity index (χ2v) is 6.97. The van der Waals surface area contributed by atoms with Gasteiger partial charge in [0, 0.05) is 44.3 Å². The monoisotopic (exact) mass is 398 g/mol. The third kappa shape index (κ3) is 4.05. The van der Waals surface area contributed by atoms with Gasteiger partial charge in [-0.3, -0.25) is 9.78 Å². The molecular formula is C23H22N6O. The van der Waals surface area contributed by atoms with E-state index < -0.39 is 0 Å². The van der Waals surface area contributed by atoms with Crippen molar-refractivity contribution >= 4 is 17.5 Å². The van der Waals surface area contributed by atoms with Gasteiger partial charge in [0.2, 0.25) is 5.95 Å². The Balaban J connectivity index is 1.73. The molecule has 1 N–H and O–H groups in total. The van der Waals surface area contributed by atoms with Crippen molar-refractivity contribution in [2.24, 2.45) is 0 Å². The number of carbonyl (C=O) groups excluding carboxylic acids is 1. The van der Waals surface area contributed by atoms with Crippen molar-refractivity contribution < 1.29 is 4.79 Å². The Labute approximate surface area is 175 Å². The molecule has 0 aliphatic heterocycles. The van der Waals surface area contributed by atoms with Crippen LogP contribution in [0.5, 0.6) is 0 Å². The lowest BCUT2D eigenvalue weighted by molar-refractivity contribution is 0.0948. The van der Waals surface area contributed by atoms with Crippen LogP contribution >= 0.6 is 0 Å². The third-order valence-electron chi connectivity index (χ3n) is 4.63. The van der Waals surface area contributed by atoms with E-state index in [0.717, 1.165) is 16.8 Å². The maximum Gasteiger partial charge on any atom is 0.283 e. The van der Waals surface area contributed by atoms with Gasteiger partial charge in [0.1, 0.15) is 0 Å². The van der Waals surface area contributed by atoms with E-state index in [1.54, 1.807) is 18.5 Å². The minimum absolute atomic E-state index is 0.252. The van der Waals surface area contributed by atoms with Crippen molar-refractivity contribution in [3.05, 3.63) is 90.3 Å². The summed E-state index contributed by atoms with van der Waals surface area (Å²) >= 11 is 0. The molecule has 0 aliphatic rings. The fourth-order valence-electron chi connectivity index (χ4n) is 3.12. The Morgan fingerprint density at radius 2 is 1.77 bits per heavy atom. The summed E-state index contributed by atoms with van der Waals surface area (Å²) in [6, 6.07) is 21.1. The van der Waals surface area contributed by atoms with Gasteiger partial charge in [-0.1, -0.05) is 42.5 Å². The van der Waals surface area contributed by atoms with Crippen LogP contribution in [0.1, 0.15) is 15.9 Å². The van der Waals surface area contributed by atoms with Crippen molar-refractivity contribution in [2.45, 2.75) is 6.54 Å². The largest absolute Gasteiger partial charge is 0.377 e. The van der Waals surface area contributed by atoms with E-state index in [9.17, 15) is 4.79 Å². The summed E-state index contributed by atoms with van der Waals surface area (Å²) in [5, 5.41) is 7.76. The van der Waals surface area contributed by atoms with Crippen LogP contribution in [0.3, 0.4) is 0 Å². The lowest BCUT2D eigenvalue weighted by Gasteiger charge is -2.16. The lowest BCUT2D eigenvalue weighted by Crippen LogP contribution is -2.21. The zero-order valence-corrected chi connectivity index (χ0v) is 16.9. The Morgan fingerprint density at radius 1 is 1.00 bits per heavy atom. The first-order valence-electron chi connectivity index (χ1n) is 9.60. The van der Waals surface area contributed by atoms with Crippen LogP contribution in [-0.2, 0) is 6.54 Å². The molecule has 0 bridgehead atoms. The van der Waals surface area contributed by atoms with Crippen molar-refractivity contribution in [3.8, 4) is 11.4 Å². The molecule has 0 saturated carbocycles. The number of aromatic nitrogens is 4. The van der Waals surface area contributed by atoms with Crippen LogP contribution in [0, 0.1) is 0 Å². The second-order valence-electron chi connectivity index (χ2n) is 6.97. The highest BCUT2D eigenvalue weighted by Gasteiger charge is 2.21. The summed E-state index contributed by atoms with van der Waals surface area (Å²) < 4.78 is 1.33. The number of benzene rings is 2. The quantitative estimate of drug-likeness (QED) is 0.534. The van der Waals surface area contributed by atoms with E-state index in [1.807, 2.05) is 79.7 Å². The second kappa shape index (κ2) is 8.57. The maximum atomic E-state index is 13.4. The summed E-state index contributed by atoms with van der Waals surface area (Å²) in [4.78, 5) is 24.0. The summed E-state index contributed by atoms with van der Waals surface area (Å²) in [5.41, 5.74) is 3.19. The number of pyridine rings is 1. The summed E-state index contributed by atoms with van der Waals surface area (Å²) in [7, 11) is 3.81. The fourth-order valence-corrected chi connectivity index (χ4v) is 3.12. The Kier molecular flexibility index (Phi) is 5.52. The molecule has 0 spiro atoms. The number of rotatable bonds is 6. The molecule has 30 heavy (non-hydrogen) atoms. The van der Waals surface area contributed by atoms with Gasteiger partial charge in [-0.25, -0.2) is 0 Å². The first kappa shape index (κ1) is 19.3. The van der Waals surface area contributed by atoms with Gasteiger partial charge >= 0.3 is 0 Å². The highest BCUT2D eigenvalue weighted by Crippen LogP contribution is 2.23. The number of nitrogens with one attached hydrogen (secondary N) is 1. The van der Waals surface area contributed by atoms with Gasteiger partial charge in [0.05, 0.1) is 5.56 Å². The molecule has 2 aromatic carbocycles. The van der Waals surface area contributed by atoms with Crippen molar-refractivity contribution in [1.82, 2.24) is 19.7 Å². The topological polar surface area (TPSA) is 75.9 Å². The fraction of sp³-hybridized carbons (Fsp3) is 0.130. The number of para-hydroxylation sites is 1. The van der Waals surface area contributed by atoms with Crippen molar-refractivity contribution in [3.63, 3.8) is 0 Å². The molecule has 4 aromatic rings. The maximum absolute atomic E-state index is 13.4. The van der Waals surface area contributed by atoms with E-state index in [1.165, 1.54) is 4.68 Å². The van der Waals surface area contributed by atoms with E-state index in [0.29, 0.717) is 23.9 Å². The molecule has 0 aliphatic carbocycles. The minimum Gasteiger partial charge on any atom is -0.377 e. The van der Waals surface area contributed by atoms with Crippen LogP contribution in [-0.4, -0.2) is 39.8 Å². The van der Waals surface area contributed by atoms with Crippen LogP contribution in [0.15, 0.2) is 79.1 Å². The zero-order valence-electron chi connectivity index (χ0n) is 16.9. The van der Waals surface area contributed by atoms with Gasteiger partial charge in [-0.15, -0.1) is 5.10 Å². The van der Waals surface area contributed by atoms with Gasteiger partial charge in [0.15, 0.2) is 5.82 Å². The molecule has 0 fully saturated rings. The molecule has 0 atom stereocenters. The van der Waals surface area contributed by atoms with E-state index in [2.05, 4.69) is 20.4 Å².